The Bertz CT molecular complexity index is 486. The fraction of sp³-hybridized carbons (Fsp3) is 0.867. The number of hydrogen-bond acceptors (Lipinski definition) is 0. The molecule has 0 saturated heterocycles. The Balaban J connectivity index is 1.69. The second-order valence-electron chi connectivity index (χ2n) is 7.74. The summed E-state index contributed by atoms with van der Waals surface area (Å²) in [5, 5.41) is 0. The third-order valence-electron chi connectivity index (χ3n) is 8.42. The van der Waals surface area contributed by atoms with Crippen LogP contribution in [-0.4, -0.2) is 0 Å². The number of hydrogen-bond donors (Lipinski definition) is 0. The summed E-state index contributed by atoms with van der Waals surface area (Å²) in [4.78, 5) is 0. The van der Waals surface area contributed by atoms with E-state index in [9.17, 15) is 0 Å². The van der Waals surface area contributed by atoms with E-state index in [1.165, 1.54) is 47.3 Å². The van der Waals surface area contributed by atoms with Gasteiger partial charge in [-0.25, -0.2) is 0 Å². The molecule has 0 N–H and O–H groups in total. The lowest BCUT2D eigenvalue weighted by atomic mass is 9.35. The molecule has 0 aliphatic heterocycles. The van der Waals surface area contributed by atoms with E-state index in [4.69, 9.17) is 0 Å². The van der Waals surface area contributed by atoms with E-state index in [0.29, 0.717) is 0 Å². The van der Waals surface area contributed by atoms with Crippen LogP contribution in [0.1, 0.15) is 25.7 Å². The molecule has 0 heterocycles. The first-order chi connectivity index (χ1) is 7.42. The van der Waals surface area contributed by atoms with Crippen molar-refractivity contribution in [1.29, 1.82) is 0 Å². The van der Waals surface area contributed by atoms with E-state index in [0.717, 1.165) is 5.41 Å². The van der Waals surface area contributed by atoms with Crippen molar-refractivity contribution in [2.45, 2.75) is 25.7 Å². The molecule has 0 aromatic heterocycles. The smallest absolute Gasteiger partial charge is 0.000887 e. The van der Waals surface area contributed by atoms with Crippen LogP contribution in [0.25, 0.3) is 0 Å². The maximum Gasteiger partial charge on any atom is 0.000887 e. The van der Waals surface area contributed by atoms with Gasteiger partial charge in [-0.1, -0.05) is 11.1 Å². The highest BCUT2D eigenvalue weighted by Gasteiger charge is 2.85. The van der Waals surface area contributed by atoms with Gasteiger partial charge in [-0.05, 0) is 73.0 Å². The first kappa shape index (κ1) is 6.47. The molecule has 6 fully saturated rings. The van der Waals surface area contributed by atoms with Gasteiger partial charge in [0.25, 0.3) is 0 Å². The second kappa shape index (κ2) is 1.41. The molecule has 0 aromatic carbocycles. The van der Waals surface area contributed by atoms with E-state index in [1.807, 2.05) is 0 Å². The minimum Gasteiger partial charge on any atom is -0.0630 e. The standard InChI is InChI=1S/C15H16/c1-5-2-8-7(1)11-12(8)14-10-4-6-3-9(13(11)14)15(5,6)10/h5-9,11-13H,1-4H2. The van der Waals surface area contributed by atoms with Crippen LogP contribution in [0.4, 0.5) is 0 Å². The Morgan fingerprint density at radius 2 is 1.87 bits per heavy atom. The van der Waals surface area contributed by atoms with Gasteiger partial charge in [0.15, 0.2) is 0 Å². The molecule has 6 saturated carbocycles. The Hall–Kier alpha value is -0.260. The van der Waals surface area contributed by atoms with Crippen molar-refractivity contribution in [3.05, 3.63) is 11.1 Å². The largest absolute Gasteiger partial charge is 0.0630 e. The minimum absolute atomic E-state index is 0.896. The third-order valence-corrected chi connectivity index (χ3v) is 8.42. The lowest BCUT2D eigenvalue weighted by Gasteiger charge is -2.68. The van der Waals surface area contributed by atoms with Gasteiger partial charge in [-0.2, -0.15) is 0 Å². The van der Waals surface area contributed by atoms with Crippen LogP contribution < -0.4 is 0 Å². The van der Waals surface area contributed by atoms with Gasteiger partial charge in [-0.15, -0.1) is 0 Å². The summed E-state index contributed by atoms with van der Waals surface area (Å²) in [6, 6.07) is 0. The Morgan fingerprint density at radius 3 is 2.80 bits per heavy atom. The summed E-state index contributed by atoms with van der Waals surface area (Å²) < 4.78 is 0. The van der Waals surface area contributed by atoms with Crippen molar-refractivity contribution >= 4 is 0 Å². The summed E-state index contributed by atoms with van der Waals surface area (Å²) in [6.45, 7) is 0. The monoisotopic (exact) mass is 196 g/mol. The topological polar surface area (TPSA) is 0 Å². The van der Waals surface area contributed by atoms with Gasteiger partial charge in [-0.3, -0.25) is 0 Å². The van der Waals surface area contributed by atoms with E-state index in [-0.39, 0.29) is 0 Å². The Morgan fingerprint density at radius 1 is 0.933 bits per heavy atom. The fourth-order valence-corrected chi connectivity index (χ4v) is 8.43. The maximum absolute atomic E-state index is 2.10. The van der Waals surface area contributed by atoms with Crippen molar-refractivity contribution in [3.63, 3.8) is 0 Å². The normalized spacial score (nSPS) is 81.6. The van der Waals surface area contributed by atoms with Gasteiger partial charge in [0.2, 0.25) is 0 Å². The SMILES string of the molecule is C1C2=C3C4C5CC6CC5C4C3C3CC1C263. The molecule has 9 atom stereocenters. The quantitative estimate of drug-likeness (QED) is 0.523. The molecule has 76 valence electrons. The predicted octanol–water partition coefficient (Wildman–Crippen LogP) is 2.85. The maximum atomic E-state index is 2.10. The van der Waals surface area contributed by atoms with Crippen LogP contribution in [0.5, 0.6) is 0 Å². The third kappa shape index (κ3) is 0.330. The van der Waals surface area contributed by atoms with Gasteiger partial charge in [0.05, 0.1) is 0 Å². The van der Waals surface area contributed by atoms with Gasteiger partial charge >= 0.3 is 0 Å². The van der Waals surface area contributed by atoms with Crippen molar-refractivity contribution in [3.8, 4) is 0 Å². The van der Waals surface area contributed by atoms with Crippen LogP contribution in [0.3, 0.4) is 0 Å². The molecule has 0 amide bonds. The Kier molecular flexibility index (Phi) is 0.609. The molecule has 9 unspecified atom stereocenters. The van der Waals surface area contributed by atoms with Crippen molar-refractivity contribution in [1.82, 2.24) is 0 Å². The lowest BCUT2D eigenvalue weighted by Crippen LogP contribution is -2.63. The molecular formula is C15H16. The molecule has 6 bridgehead atoms. The summed E-state index contributed by atoms with van der Waals surface area (Å²) >= 11 is 0. The highest BCUT2D eigenvalue weighted by atomic mass is 14.9. The predicted molar refractivity (Wildman–Crippen MR) is 55.8 cm³/mol. The average molecular weight is 196 g/mol. The molecule has 8 rings (SSSR count). The molecule has 15 heavy (non-hydrogen) atoms. The van der Waals surface area contributed by atoms with E-state index >= 15 is 0 Å². The first-order valence-electron chi connectivity index (χ1n) is 7.15. The van der Waals surface area contributed by atoms with Crippen molar-refractivity contribution in [2.24, 2.45) is 52.8 Å². The van der Waals surface area contributed by atoms with E-state index in [2.05, 4.69) is 11.1 Å². The summed E-state index contributed by atoms with van der Waals surface area (Å²) in [6.07, 6.45) is 6.55. The zero-order valence-electron chi connectivity index (χ0n) is 8.95. The van der Waals surface area contributed by atoms with Gasteiger partial charge < -0.3 is 0 Å². The average Bonchev–Trinajstić information content (AvgIpc) is 2.38. The van der Waals surface area contributed by atoms with Crippen LogP contribution in [0.15, 0.2) is 11.1 Å². The van der Waals surface area contributed by atoms with Crippen LogP contribution in [-0.2, 0) is 0 Å². The van der Waals surface area contributed by atoms with Crippen LogP contribution >= 0.6 is 0 Å². The van der Waals surface area contributed by atoms with Crippen molar-refractivity contribution in [2.75, 3.05) is 0 Å². The zero-order valence-corrected chi connectivity index (χ0v) is 8.95. The second-order valence-corrected chi connectivity index (χ2v) is 7.74. The molecule has 0 nitrogen and oxygen atoms in total. The summed E-state index contributed by atoms with van der Waals surface area (Å²) in [7, 11) is 0. The highest BCUT2D eigenvalue weighted by Crippen LogP contribution is 2.92. The molecule has 0 heteroatoms. The first-order valence-corrected chi connectivity index (χ1v) is 7.15. The summed E-state index contributed by atoms with van der Waals surface area (Å²) in [5.41, 5.74) is 5.08. The fourth-order valence-electron chi connectivity index (χ4n) is 8.43. The number of rotatable bonds is 0. The van der Waals surface area contributed by atoms with Crippen LogP contribution in [0.2, 0.25) is 0 Å². The van der Waals surface area contributed by atoms with E-state index < -0.39 is 0 Å². The van der Waals surface area contributed by atoms with Crippen molar-refractivity contribution < 1.29 is 0 Å². The van der Waals surface area contributed by atoms with Crippen LogP contribution in [0, 0.1) is 52.8 Å². The summed E-state index contributed by atoms with van der Waals surface area (Å²) in [5.74, 6) is 9.62. The van der Waals surface area contributed by atoms with Gasteiger partial charge in [0.1, 0.15) is 0 Å². The molecule has 8 aliphatic rings. The molecule has 0 aromatic rings. The van der Waals surface area contributed by atoms with E-state index in [1.54, 1.807) is 25.7 Å². The minimum atomic E-state index is 0.896. The van der Waals surface area contributed by atoms with Gasteiger partial charge in [0, 0.05) is 5.41 Å². The molecule has 8 aliphatic carbocycles. The molecule has 0 radical (unpaired) electrons. The zero-order chi connectivity index (χ0) is 9.10. The lowest BCUT2D eigenvalue weighted by molar-refractivity contribution is -0.166. The molecular weight excluding hydrogens is 180 g/mol. The molecule has 1 spiro atoms. The highest BCUT2D eigenvalue weighted by molar-refractivity contribution is 5.57. The Labute approximate surface area is 90.1 Å². The number of allylic oxidation sites excluding steroid dienone is 2.